The molecule has 4 aromatic rings. The number of nitrogens with zero attached hydrogens (tertiary/aromatic N) is 2. The van der Waals surface area contributed by atoms with Crippen molar-refractivity contribution in [1.82, 2.24) is 9.55 Å². The van der Waals surface area contributed by atoms with E-state index < -0.39 is 0 Å². The Bertz CT molecular complexity index is 1310. The molecule has 0 spiro atoms. The van der Waals surface area contributed by atoms with Gasteiger partial charge in [0.1, 0.15) is 0 Å². The summed E-state index contributed by atoms with van der Waals surface area (Å²) in [7, 11) is 0. The van der Waals surface area contributed by atoms with Crippen molar-refractivity contribution in [2.24, 2.45) is 0 Å². The molecular weight excluding hydrogens is 420 g/mol. The van der Waals surface area contributed by atoms with Gasteiger partial charge >= 0.3 is 0 Å². The summed E-state index contributed by atoms with van der Waals surface area (Å²) in [5.41, 5.74) is 2.65. The lowest BCUT2D eigenvalue weighted by Gasteiger charge is -2.14. The van der Waals surface area contributed by atoms with E-state index in [0.717, 1.165) is 16.9 Å². The fraction of sp³-hybridized carbons (Fsp3) is 0.130. The highest BCUT2D eigenvalue weighted by Gasteiger charge is 2.16. The number of para-hydroxylation sites is 1. The Hall–Kier alpha value is -2.96. The van der Waals surface area contributed by atoms with E-state index in [2.05, 4.69) is 0 Å². The lowest BCUT2D eigenvalue weighted by atomic mass is 10.2. The van der Waals surface area contributed by atoms with E-state index in [9.17, 15) is 4.79 Å². The Morgan fingerprint density at radius 3 is 2.73 bits per heavy atom. The molecule has 5 nitrogen and oxygen atoms in total. The van der Waals surface area contributed by atoms with Crippen molar-refractivity contribution in [3.63, 3.8) is 0 Å². The van der Waals surface area contributed by atoms with Gasteiger partial charge in [0.15, 0.2) is 16.7 Å². The molecule has 150 valence electrons. The van der Waals surface area contributed by atoms with Crippen LogP contribution >= 0.6 is 23.4 Å². The van der Waals surface area contributed by atoms with Crippen molar-refractivity contribution in [1.29, 1.82) is 0 Å². The molecule has 7 heteroatoms. The van der Waals surface area contributed by atoms with Crippen LogP contribution in [0, 0.1) is 0 Å². The zero-order valence-electron chi connectivity index (χ0n) is 15.9. The summed E-state index contributed by atoms with van der Waals surface area (Å²) < 4.78 is 12.6. The standard InChI is InChI=1S/C23H17ClN2O3S/c24-17-5-3-4-16(10-17)13-30-23-25-19-7-2-1-6-18(19)22(27)26(23)12-15-8-9-20-21(11-15)29-14-28-20/h1-11H,12-14H2. The van der Waals surface area contributed by atoms with Crippen molar-refractivity contribution < 1.29 is 9.47 Å². The van der Waals surface area contributed by atoms with E-state index in [4.69, 9.17) is 26.1 Å². The second-order valence-corrected chi connectivity index (χ2v) is 8.29. The number of halogens is 1. The molecule has 1 aromatic heterocycles. The van der Waals surface area contributed by atoms with Gasteiger partial charge in [-0.1, -0.05) is 53.7 Å². The van der Waals surface area contributed by atoms with Crippen LogP contribution < -0.4 is 15.0 Å². The number of benzene rings is 3. The van der Waals surface area contributed by atoms with Gasteiger partial charge in [-0.05, 0) is 47.5 Å². The maximum absolute atomic E-state index is 13.3. The molecule has 0 radical (unpaired) electrons. The van der Waals surface area contributed by atoms with Crippen molar-refractivity contribution in [2.75, 3.05) is 6.79 Å². The van der Waals surface area contributed by atoms with Crippen LogP contribution in [-0.4, -0.2) is 16.3 Å². The predicted molar refractivity (Wildman–Crippen MR) is 119 cm³/mol. The average Bonchev–Trinajstić information content (AvgIpc) is 3.22. The zero-order chi connectivity index (χ0) is 20.5. The van der Waals surface area contributed by atoms with Gasteiger partial charge in [0.25, 0.3) is 5.56 Å². The maximum Gasteiger partial charge on any atom is 0.262 e. The summed E-state index contributed by atoms with van der Waals surface area (Å²) in [5, 5.41) is 1.96. The first-order valence-electron chi connectivity index (χ1n) is 9.43. The van der Waals surface area contributed by atoms with E-state index in [1.54, 1.807) is 4.57 Å². The van der Waals surface area contributed by atoms with Crippen LogP contribution in [0.4, 0.5) is 0 Å². The molecule has 0 saturated carbocycles. The molecule has 0 amide bonds. The minimum absolute atomic E-state index is 0.0631. The fourth-order valence-corrected chi connectivity index (χ4v) is 4.55. The summed E-state index contributed by atoms with van der Waals surface area (Å²) in [6.07, 6.45) is 0. The second-order valence-electron chi connectivity index (χ2n) is 6.91. The van der Waals surface area contributed by atoms with Crippen LogP contribution in [0.3, 0.4) is 0 Å². The Morgan fingerprint density at radius 1 is 0.967 bits per heavy atom. The van der Waals surface area contributed by atoms with Gasteiger partial charge in [0.05, 0.1) is 17.4 Å². The maximum atomic E-state index is 13.3. The Balaban J connectivity index is 1.53. The van der Waals surface area contributed by atoms with Crippen LogP contribution in [0.1, 0.15) is 11.1 Å². The van der Waals surface area contributed by atoms with Crippen LogP contribution in [0.2, 0.25) is 5.02 Å². The van der Waals surface area contributed by atoms with Gasteiger partial charge < -0.3 is 9.47 Å². The fourth-order valence-electron chi connectivity index (χ4n) is 3.39. The third kappa shape index (κ3) is 3.76. The molecule has 5 rings (SSSR count). The minimum Gasteiger partial charge on any atom is -0.454 e. The van der Waals surface area contributed by atoms with Gasteiger partial charge in [-0.3, -0.25) is 9.36 Å². The third-order valence-electron chi connectivity index (χ3n) is 4.86. The topological polar surface area (TPSA) is 53.4 Å². The number of rotatable bonds is 5. The number of ether oxygens (including phenoxy) is 2. The summed E-state index contributed by atoms with van der Waals surface area (Å²) in [6.45, 7) is 0.613. The van der Waals surface area contributed by atoms with E-state index >= 15 is 0 Å². The molecule has 0 bridgehead atoms. The number of hydrogen-bond donors (Lipinski definition) is 0. The van der Waals surface area contributed by atoms with Gasteiger partial charge in [0.2, 0.25) is 6.79 Å². The van der Waals surface area contributed by atoms with Crippen molar-refractivity contribution >= 4 is 34.3 Å². The monoisotopic (exact) mass is 436 g/mol. The molecule has 0 unspecified atom stereocenters. The first-order chi connectivity index (χ1) is 14.7. The van der Waals surface area contributed by atoms with E-state index in [-0.39, 0.29) is 12.4 Å². The molecule has 30 heavy (non-hydrogen) atoms. The van der Waals surface area contributed by atoms with E-state index in [1.807, 2.05) is 66.7 Å². The molecule has 1 aliphatic heterocycles. The number of aromatic nitrogens is 2. The molecule has 1 aliphatic rings. The van der Waals surface area contributed by atoms with E-state index in [0.29, 0.717) is 39.1 Å². The Labute approximate surface area is 182 Å². The predicted octanol–water partition coefficient (Wildman–Crippen LogP) is 5.12. The average molecular weight is 437 g/mol. The summed E-state index contributed by atoms with van der Waals surface area (Å²) in [6, 6.07) is 20.9. The highest BCUT2D eigenvalue weighted by atomic mass is 35.5. The van der Waals surface area contributed by atoms with Crippen molar-refractivity contribution in [3.8, 4) is 11.5 Å². The molecule has 2 heterocycles. The quantitative estimate of drug-likeness (QED) is 0.321. The Morgan fingerprint density at radius 2 is 1.83 bits per heavy atom. The molecular formula is C23H17ClN2O3S. The minimum atomic E-state index is -0.0631. The van der Waals surface area contributed by atoms with Crippen molar-refractivity contribution in [2.45, 2.75) is 17.5 Å². The Kier molecular flexibility index (Phi) is 5.11. The molecule has 0 fully saturated rings. The lowest BCUT2D eigenvalue weighted by molar-refractivity contribution is 0.174. The molecule has 0 saturated heterocycles. The van der Waals surface area contributed by atoms with Crippen LogP contribution in [-0.2, 0) is 12.3 Å². The van der Waals surface area contributed by atoms with Gasteiger partial charge in [-0.25, -0.2) is 4.98 Å². The normalized spacial score (nSPS) is 12.4. The van der Waals surface area contributed by atoms with E-state index in [1.165, 1.54) is 11.8 Å². The van der Waals surface area contributed by atoms with Crippen LogP contribution in [0.25, 0.3) is 10.9 Å². The zero-order valence-corrected chi connectivity index (χ0v) is 17.4. The third-order valence-corrected chi connectivity index (χ3v) is 6.14. The van der Waals surface area contributed by atoms with Gasteiger partial charge in [-0.2, -0.15) is 0 Å². The highest BCUT2D eigenvalue weighted by molar-refractivity contribution is 7.98. The number of fused-ring (bicyclic) bond motifs is 2. The summed E-state index contributed by atoms with van der Waals surface area (Å²) in [5.74, 6) is 2.08. The van der Waals surface area contributed by atoms with Crippen LogP contribution in [0.15, 0.2) is 76.7 Å². The number of hydrogen-bond acceptors (Lipinski definition) is 5. The SMILES string of the molecule is O=c1c2ccccc2nc(SCc2cccc(Cl)c2)n1Cc1ccc2c(c1)OCO2. The largest absolute Gasteiger partial charge is 0.454 e. The highest BCUT2D eigenvalue weighted by Crippen LogP contribution is 2.33. The second kappa shape index (κ2) is 8.05. The molecule has 0 N–H and O–H groups in total. The molecule has 0 aliphatic carbocycles. The number of thioether (sulfide) groups is 1. The van der Waals surface area contributed by atoms with Crippen LogP contribution in [0.5, 0.6) is 11.5 Å². The molecule has 0 atom stereocenters. The van der Waals surface area contributed by atoms with Gasteiger partial charge in [0, 0.05) is 10.8 Å². The first-order valence-corrected chi connectivity index (χ1v) is 10.8. The lowest BCUT2D eigenvalue weighted by Crippen LogP contribution is -2.24. The summed E-state index contributed by atoms with van der Waals surface area (Å²) >= 11 is 7.63. The smallest absolute Gasteiger partial charge is 0.262 e. The summed E-state index contributed by atoms with van der Waals surface area (Å²) in [4.78, 5) is 18.1. The van der Waals surface area contributed by atoms with Crippen molar-refractivity contribution in [3.05, 3.63) is 93.2 Å². The molecule has 3 aromatic carbocycles. The van der Waals surface area contributed by atoms with Gasteiger partial charge in [-0.15, -0.1) is 0 Å². The first kappa shape index (κ1) is 19.0.